The number of anilines is 1. The van der Waals surface area contributed by atoms with E-state index in [1.165, 1.54) is 30.5 Å². The van der Waals surface area contributed by atoms with Gasteiger partial charge in [-0.05, 0) is 73.9 Å². The molecule has 0 amide bonds. The fraction of sp³-hybridized carbons (Fsp3) is 0.345. The lowest BCUT2D eigenvalue weighted by molar-refractivity contribution is 0.167. The van der Waals surface area contributed by atoms with E-state index in [1.54, 1.807) is 0 Å². The van der Waals surface area contributed by atoms with Gasteiger partial charge in [0, 0.05) is 41.5 Å². The number of likely N-dealkylation sites (tertiary alicyclic amines) is 1. The number of hydrogen-bond acceptors (Lipinski definition) is 4. The van der Waals surface area contributed by atoms with Crippen LogP contribution in [0.15, 0.2) is 55.1 Å². The van der Waals surface area contributed by atoms with Crippen LogP contribution in [0.4, 0.5) is 10.2 Å². The molecule has 3 aromatic rings. The van der Waals surface area contributed by atoms with E-state index in [2.05, 4.69) is 59.9 Å². The molecule has 0 bridgehead atoms. The summed E-state index contributed by atoms with van der Waals surface area (Å²) in [6.07, 6.45) is 3.33. The maximum atomic E-state index is 14.9. The zero-order valence-corrected chi connectivity index (χ0v) is 20.1. The number of piperidine rings is 1. The molecular weight excluding hydrogens is 423 g/mol. The number of nitrogen functional groups attached to an aromatic ring is 1. The van der Waals surface area contributed by atoms with E-state index in [0.717, 1.165) is 47.5 Å². The van der Waals surface area contributed by atoms with Gasteiger partial charge in [0.1, 0.15) is 5.82 Å². The highest BCUT2D eigenvalue weighted by atomic mass is 19.1. The molecule has 0 radical (unpaired) electrons. The summed E-state index contributed by atoms with van der Waals surface area (Å²) in [6.45, 7) is 11.7. The van der Waals surface area contributed by atoms with Crippen LogP contribution in [-0.4, -0.2) is 35.6 Å². The average Bonchev–Trinajstić information content (AvgIpc) is 2.84. The summed E-state index contributed by atoms with van der Waals surface area (Å²) in [7, 11) is 0. The Balaban J connectivity index is 1.45. The van der Waals surface area contributed by atoms with Crippen LogP contribution in [0.25, 0.3) is 28.0 Å². The molecular formula is C29H33FN4. The SMILES string of the molecule is C=C1NCCc2cc(-c3cc(-c4ccc(C5CCCN(C(C)C)C5)cc4)c(F)nc3N)ccc21. The Bertz CT molecular complexity index is 1220. The summed E-state index contributed by atoms with van der Waals surface area (Å²) >= 11 is 0. The van der Waals surface area contributed by atoms with E-state index in [-0.39, 0.29) is 5.82 Å². The molecule has 4 nitrogen and oxygen atoms in total. The summed E-state index contributed by atoms with van der Waals surface area (Å²) in [6, 6.07) is 16.9. The fourth-order valence-electron chi connectivity index (χ4n) is 5.33. The van der Waals surface area contributed by atoms with E-state index in [0.29, 0.717) is 17.5 Å². The zero-order chi connectivity index (χ0) is 23.8. The Labute approximate surface area is 201 Å². The van der Waals surface area contributed by atoms with Gasteiger partial charge in [0.25, 0.3) is 0 Å². The molecule has 2 aliphatic rings. The van der Waals surface area contributed by atoms with Gasteiger partial charge < -0.3 is 16.0 Å². The highest BCUT2D eigenvalue weighted by molar-refractivity contribution is 5.81. The Morgan fingerprint density at radius 2 is 1.82 bits per heavy atom. The van der Waals surface area contributed by atoms with Crippen molar-refractivity contribution < 1.29 is 4.39 Å². The molecule has 34 heavy (non-hydrogen) atoms. The summed E-state index contributed by atoms with van der Waals surface area (Å²) in [5.74, 6) is 0.199. The van der Waals surface area contributed by atoms with E-state index in [1.807, 2.05) is 24.3 Å². The molecule has 0 saturated carbocycles. The highest BCUT2D eigenvalue weighted by Crippen LogP contribution is 2.35. The van der Waals surface area contributed by atoms with Gasteiger partial charge in [0.05, 0.1) is 0 Å². The minimum absolute atomic E-state index is 0.210. The van der Waals surface area contributed by atoms with Crippen LogP contribution in [0.1, 0.15) is 49.3 Å². The second-order valence-electron chi connectivity index (χ2n) is 9.84. The molecule has 3 N–H and O–H groups in total. The van der Waals surface area contributed by atoms with Crippen molar-refractivity contribution in [2.75, 3.05) is 25.4 Å². The van der Waals surface area contributed by atoms with Crippen molar-refractivity contribution in [3.63, 3.8) is 0 Å². The maximum absolute atomic E-state index is 14.9. The van der Waals surface area contributed by atoms with Gasteiger partial charge in [-0.3, -0.25) is 0 Å². The second kappa shape index (κ2) is 9.22. The van der Waals surface area contributed by atoms with Crippen molar-refractivity contribution in [2.24, 2.45) is 0 Å². The van der Waals surface area contributed by atoms with Crippen molar-refractivity contribution in [2.45, 2.75) is 45.1 Å². The zero-order valence-electron chi connectivity index (χ0n) is 20.1. The smallest absolute Gasteiger partial charge is 0.222 e. The van der Waals surface area contributed by atoms with Gasteiger partial charge in [-0.1, -0.05) is 49.0 Å². The van der Waals surface area contributed by atoms with Gasteiger partial charge in [-0.15, -0.1) is 0 Å². The van der Waals surface area contributed by atoms with Crippen LogP contribution in [0.3, 0.4) is 0 Å². The summed E-state index contributed by atoms with van der Waals surface area (Å²) in [5.41, 5.74) is 13.8. The number of hydrogen-bond donors (Lipinski definition) is 2. The average molecular weight is 457 g/mol. The molecule has 1 saturated heterocycles. The van der Waals surface area contributed by atoms with Crippen molar-refractivity contribution in [3.8, 4) is 22.3 Å². The van der Waals surface area contributed by atoms with Gasteiger partial charge in [-0.25, -0.2) is 4.98 Å². The monoisotopic (exact) mass is 456 g/mol. The number of aromatic nitrogens is 1. The topological polar surface area (TPSA) is 54.2 Å². The first-order valence-corrected chi connectivity index (χ1v) is 12.3. The van der Waals surface area contributed by atoms with Crippen molar-refractivity contribution in [3.05, 3.63) is 77.7 Å². The van der Waals surface area contributed by atoms with E-state index in [9.17, 15) is 4.39 Å². The fourth-order valence-corrected chi connectivity index (χ4v) is 5.33. The number of nitrogens with two attached hydrogens (primary N) is 1. The van der Waals surface area contributed by atoms with Gasteiger partial charge >= 0.3 is 0 Å². The molecule has 1 aromatic heterocycles. The molecule has 1 fully saturated rings. The molecule has 1 atom stereocenters. The minimum Gasteiger partial charge on any atom is -0.385 e. The van der Waals surface area contributed by atoms with Crippen LogP contribution >= 0.6 is 0 Å². The first kappa shape index (κ1) is 22.6. The Morgan fingerprint density at radius 1 is 1.06 bits per heavy atom. The van der Waals surface area contributed by atoms with Gasteiger partial charge in [0.2, 0.25) is 5.95 Å². The highest BCUT2D eigenvalue weighted by Gasteiger charge is 2.23. The molecule has 0 spiro atoms. The molecule has 2 aliphatic heterocycles. The first-order valence-electron chi connectivity index (χ1n) is 12.3. The van der Waals surface area contributed by atoms with E-state index >= 15 is 0 Å². The summed E-state index contributed by atoms with van der Waals surface area (Å²) < 4.78 is 14.9. The van der Waals surface area contributed by atoms with Gasteiger partial charge in [-0.2, -0.15) is 4.39 Å². The number of benzene rings is 2. The number of halogens is 1. The van der Waals surface area contributed by atoms with Crippen molar-refractivity contribution in [1.82, 2.24) is 15.2 Å². The van der Waals surface area contributed by atoms with Gasteiger partial charge in [0.15, 0.2) is 0 Å². The lowest BCUT2D eigenvalue weighted by Gasteiger charge is -2.35. The third-order valence-corrected chi connectivity index (χ3v) is 7.36. The Morgan fingerprint density at radius 3 is 2.59 bits per heavy atom. The lowest BCUT2D eigenvalue weighted by Crippen LogP contribution is -2.39. The van der Waals surface area contributed by atoms with Crippen LogP contribution < -0.4 is 11.1 Å². The molecule has 176 valence electrons. The van der Waals surface area contributed by atoms with E-state index in [4.69, 9.17) is 5.73 Å². The third-order valence-electron chi connectivity index (χ3n) is 7.36. The quantitative estimate of drug-likeness (QED) is 0.484. The normalized spacial score (nSPS) is 18.6. The molecule has 2 aromatic carbocycles. The predicted octanol–water partition coefficient (Wildman–Crippen LogP) is 5.84. The number of nitrogens with one attached hydrogen (secondary N) is 1. The summed E-state index contributed by atoms with van der Waals surface area (Å²) in [5, 5.41) is 3.30. The standard InChI is InChI=1S/C29H33FN4/c1-18(2)34-14-4-5-24(17-34)20-6-8-21(9-7-20)26-16-27(29(31)33-28(26)30)22-10-11-25-19(3)32-13-12-23(25)15-22/h6-11,15-16,18,24,32H,3-5,12-14,17H2,1-2H3,(H2,31,33). The third kappa shape index (κ3) is 4.32. The molecule has 1 unspecified atom stereocenters. The largest absolute Gasteiger partial charge is 0.385 e. The number of rotatable bonds is 4. The van der Waals surface area contributed by atoms with Crippen molar-refractivity contribution in [1.29, 1.82) is 0 Å². The number of pyridine rings is 1. The minimum atomic E-state index is -0.534. The molecule has 0 aliphatic carbocycles. The Hall–Kier alpha value is -3.18. The Kier molecular flexibility index (Phi) is 6.13. The van der Waals surface area contributed by atoms with E-state index < -0.39 is 5.95 Å². The summed E-state index contributed by atoms with van der Waals surface area (Å²) in [4.78, 5) is 6.61. The number of nitrogens with zero attached hydrogens (tertiary/aromatic N) is 2. The molecule has 5 heteroatoms. The second-order valence-corrected chi connectivity index (χ2v) is 9.84. The van der Waals surface area contributed by atoms with Crippen LogP contribution in [-0.2, 0) is 6.42 Å². The number of fused-ring (bicyclic) bond motifs is 1. The first-order chi connectivity index (χ1) is 16.4. The van der Waals surface area contributed by atoms with Crippen LogP contribution in [0.2, 0.25) is 0 Å². The lowest BCUT2D eigenvalue weighted by atomic mass is 9.89. The molecule has 5 rings (SSSR count). The van der Waals surface area contributed by atoms with Crippen LogP contribution in [0.5, 0.6) is 0 Å². The van der Waals surface area contributed by atoms with Crippen molar-refractivity contribution >= 4 is 11.5 Å². The molecule has 3 heterocycles. The predicted molar refractivity (Wildman–Crippen MR) is 139 cm³/mol. The maximum Gasteiger partial charge on any atom is 0.222 e. The van der Waals surface area contributed by atoms with Crippen LogP contribution in [0, 0.1) is 5.95 Å².